The molecule has 44 heavy (non-hydrogen) atoms. The summed E-state index contributed by atoms with van der Waals surface area (Å²) in [6.07, 6.45) is 3.75. The van der Waals surface area contributed by atoms with Crippen molar-refractivity contribution in [2.45, 2.75) is 83.9 Å². The number of hydrogen-bond acceptors (Lipinski definition) is 5. The number of carbonyl (C=O) groups is 2. The first-order valence-electron chi connectivity index (χ1n) is 15.7. The number of carbonyl (C=O) groups excluding carboxylic acids is 2. The molecule has 0 aliphatic heterocycles. The first kappa shape index (κ1) is 33.3. The zero-order valence-corrected chi connectivity index (χ0v) is 26.3. The monoisotopic (exact) mass is 605 g/mol. The molecule has 1 aliphatic rings. The summed E-state index contributed by atoms with van der Waals surface area (Å²) in [5.74, 6) is -2.11. The quantitative estimate of drug-likeness (QED) is 0.194. The Balaban J connectivity index is 1.57. The van der Waals surface area contributed by atoms with E-state index in [9.17, 15) is 18.4 Å². The lowest BCUT2D eigenvalue weighted by molar-refractivity contribution is 0.0228. The first-order valence-corrected chi connectivity index (χ1v) is 15.7. The number of nitrogens with two attached hydrogens (primary N) is 1. The van der Waals surface area contributed by atoms with Gasteiger partial charge < -0.3 is 20.7 Å². The maximum absolute atomic E-state index is 14.0. The fourth-order valence-electron chi connectivity index (χ4n) is 5.76. The van der Waals surface area contributed by atoms with Crippen LogP contribution in [0.3, 0.4) is 0 Å². The van der Waals surface area contributed by atoms with Crippen molar-refractivity contribution in [3.8, 4) is 0 Å². The minimum absolute atomic E-state index is 0.104. The fourth-order valence-corrected chi connectivity index (χ4v) is 5.76. The Kier molecular flexibility index (Phi) is 11.3. The highest BCUT2D eigenvalue weighted by molar-refractivity contribution is 5.98. The lowest BCUT2D eigenvalue weighted by Crippen LogP contribution is -2.48. The highest BCUT2D eigenvalue weighted by atomic mass is 19.1. The van der Waals surface area contributed by atoms with Crippen LogP contribution in [0, 0.1) is 18.6 Å². The molecule has 3 aromatic carbocycles. The van der Waals surface area contributed by atoms with Gasteiger partial charge in [0.15, 0.2) is 0 Å². The van der Waals surface area contributed by atoms with Crippen molar-refractivity contribution >= 4 is 11.9 Å². The van der Waals surface area contributed by atoms with Crippen molar-refractivity contribution in [3.05, 3.63) is 106 Å². The molecule has 1 saturated carbocycles. The molecule has 0 saturated heterocycles. The van der Waals surface area contributed by atoms with E-state index in [-0.39, 0.29) is 30.0 Å². The standard InChI is InChI=1S/C36H45F2N3O3/c1-5-13-41(14-6-2)34(42)27-15-24(4)16-28(21-27)35(43)44-33(32(39)20-26-18-30(37)22-31(38)19-26)23-40-36(11-12-36)29-10-8-9-25(7-3)17-29/h8-10,15-19,21-22,32-33,40H,5-7,11-14,20,23,39H2,1-4H3/t32-,33+/m0/s1. The summed E-state index contributed by atoms with van der Waals surface area (Å²) < 4.78 is 34.0. The number of esters is 1. The molecule has 6 nitrogen and oxygen atoms in total. The number of benzene rings is 3. The Hall–Kier alpha value is -3.62. The Bertz CT molecular complexity index is 1430. The number of aryl methyl sites for hydroxylation is 2. The number of amides is 1. The molecular formula is C36H45F2N3O3. The lowest BCUT2D eigenvalue weighted by Gasteiger charge is -2.28. The first-order chi connectivity index (χ1) is 21.1. The van der Waals surface area contributed by atoms with Crippen molar-refractivity contribution in [3.63, 3.8) is 0 Å². The van der Waals surface area contributed by atoms with Crippen molar-refractivity contribution in [2.24, 2.45) is 5.73 Å². The van der Waals surface area contributed by atoms with Crippen LogP contribution in [0.15, 0.2) is 60.7 Å². The number of rotatable bonds is 15. The van der Waals surface area contributed by atoms with Crippen LogP contribution in [-0.4, -0.2) is 48.6 Å². The molecule has 0 aromatic heterocycles. The van der Waals surface area contributed by atoms with E-state index in [4.69, 9.17) is 10.5 Å². The van der Waals surface area contributed by atoms with Crippen LogP contribution in [0.2, 0.25) is 0 Å². The number of nitrogens with one attached hydrogen (secondary N) is 1. The third-order valence-electron chi connectivity index (χ3n) is 8.24. The molecule has 0 heterocycles. The van der Waals surface area contributed by atoms with Gasteiger partial charge in [-0.1, -0.05) is 45.0 Å². The highest BCUT2D eigenvalue weighted by Crippen LogP contribution is 2.45. The van der Waals surface area contributed by atoms with Crippen LogP contribution < -0.4 is 11.1 Å². The molecule has 0 spiro atoms. The molecule has 2 atom stereocenters. The van der Waals surface area contributed by atoms with Crippen LogP contribution in [0.5, 0.6) is 0 Å². The molecule has 1 amide bonds. The van der Waals surface area contributed by atoms with Gasteiger partial charge in [0, 0.05) is 42.8 Å². The van der Waals surface area contributed by atoms with Gasteiger partial charge in [-0.2, -0.15) is 0 Å². The number of halogens is 2. The molecular weight excluding hydrogens is 560 g/mol. The van der Waals surface area contributed by atoms with Gasteiger partial charge in [-0.05, 0) is 98.0 Å². The zero-order valence-electron chi connectivity index (χ0n) is 26.3. The second kappa shape index (κ2) is 14.9. The molecule has 1 fully saturated rings. The molecule has 4 rings (SSSR count). The fraction of sp³-hybridized carbons (Fsp3) is 0.444. The summed E-state index contributed by atoms with van der Waals surface area (Å²) in [6, 6.07) is 16.0. The van der Waals surface area contributed by atoms with Gasteiger partial charge in [-0.3, -0.25) is 4.79 Å². The average Bonchev–Trinajstić information content (AvgIpc) is 3.79. The van der Waals surface area contributed by atoms with Gasteiger partial charge in [0.1, 0.15) is 17.7 Å². The second-order valence-corrected chi connectivity index (χ2v) is 12.0. The summed E-state index contributed by atoms with van der Waals surface area (Å²) in [4.78, 5) is 28.7. The van der Waals surface area contributed by atoms with E-state index in [1.165, 1.54) is 23.3 Å². The smallest absolute Gasteiger partial charge is 0.338 e. The van der Waals surface area contributed by atoms with Crippen LogP contribution in [0.4, 0.5) is 8.78 Å². The Labute approximate surface area is 260 Å². The van der Waals surface area contributed by atoms with E-state index in [2.05, 4.69) is 36.5 Å². The summed E-state index contributed by atoms with van der Waals surface area (Å²) in [5.41, 5.74) is 10.6. The Morgan fingerprint density at radius 1 is 0.932 bits per heavy atom. The predicted octanol–water partition coefficient (Wildman–Crippen LogP) is 6.47. The molecule has 0 unspecified atom stereocenters. The molecule has 0 bridgehead atoms. The second-order valence-electron chi connectivity index (χ2n) is 12.0. The summed E-state index contributed by atoms with van der Waals surface area (Å²) in [6.45, 7) is 9.51. The molecule has 236 valence electrons. The van der Waals surface area contributed by atoms with Gasteiger partial charge in [-0.25, -0.2) is 13.6 Å². The maximum Gasteiger partial charge on any atom is 0.338 e. The number of hydrogen-bond donors (Lipinski definition) is 2. The van der Waals surface area contributed by atoms with Crippen molar-refractivity contribution in [1.82, 2.24) is 10.2 Å². The van der Waals surface area contributed by atoms with E-state index in [0.717, 1.165) is 43.7 Å². The van der Waals surface area contributed by atoms with Crippen LogP contribution >= 0.6 is 0 Å². The molecule has 1 aliphatic carbocycles. The van der Waals surface area contributed by atoms with Crippen LogP contribution in [0.1, 0.15) is 89.4 Å². The van der Waals surface area contributed by atoms with Crippen LogP contribution in [-0.2, 0) is 23.1 Å². The van der Waals surface area contributed by atoms with Gasteiger partial charge in [0.05, 0.1) is 5.56 Å². The largest absolute Gasteiger partial charge is 0.456 e. The summed E-state index contributed by atoms with van der Waals surface area (Å²) in [7, 11) is 0. The van der Waals surface area contributed by atoms with Crippen LogP contribution in [0.25, 0.3) is 0 Å². The summed E-state index contributed by atoms with van der Waals surface area (Å²) >= 11 is 0. The molecule has 0 radical (unpaired) electrons. The zero-order chi connectivity index (χ0) is 31.9. The summed E-state index contributed by atoms with van der Waals surface area (Å²) in [5, 5.41) is 3.60. The van der Waals surface area contributed by atoms with Gasteiger partial charge in [0.2, 0.25) is 0 Å². The van der Waals surface area contributed by atoms with Crippen molar-refractivity contribution < 1.29 is 23.1 Å². The third kappa shape index (κ3) is 8.51. The molecule has 3 N–H and O–H groups in total. The minimum Gasteiger partial charge on any atom is -0.456 e. The molecule has 8 heteroatoms. The SMILES string of the molecule is CCCN(CCC)C(=O)c1cc(C)cc(C(=O)O[C@H](CNC2(c3cccc(CC)c3)CC2)[C@@H](N)Cc2cc(F)cc(F)c2)c1. The highest BCUT2D eigenvalue weighted by Gasteiger charge is 2.44. The Morgan fingerprint density at radius 3 is 2.20 bits per heavy atom. The number of ether oxygens (including phenoxy) is 1. The maximum atomic E-state index is 14.0. The molecule has 3 aromatic rings. The number of nitrogens with zero attached hydrogens (tertiary/aromatic N) is 1. The van der Waals surface area contributed by atoms with Crippen molar-refractivity contribution in [1.29, 1.82) is 0 Å². The van der Waals surface area contributed by atoms with Gasteiger partial charge in [-0.15, -0.1) is 0 Å². The van der Waals surface area contributed by atoms with E-state index in [1.54, 1.807) is 23.1 Å². The minimum atomic E-state index is -0.808. The Morgan fingerprint density at radius 2 is 1.59 bits per heavy atom. The predicted molar refractivity (Wildman–Crippen MR) is 170 cm³/mol. The third-order valence-corrected chi connectivity index (χ3v) is 8.24. The van der Waals surface area contributed by atoms with E-state index in [1.807, 2.05) is 20.8 Å². The van der Waals surface area contributed by atoms with E-state index < -0.39 is 29.7 Å². The van der Waals surface area contributed by atoms with Gasteiger partial charge >= 0.3 is 5.97 Å². The average molecular weight is 606 g/mol. The van der Waals surface area contributed by atoms with Crippen molar-refractivity contribution in [2.75, 3.05) is 19.6 Å². The van der Waals surface area contributed by atoms with E-state index >= 15 is 0 Å². The normalized spacial score (nSPS) is 15.0. The van der Waals surface area contributed by atoms with E-state index in [0.29, 0.717) is 24.2 Å². The topological polar surface area (TPSA) is 84.7 Å². The van der Waals surface area contributed by atoms with Gasteiger partial charge in [0.25, 0.3) is 5.91 Å². The lowest BCUT2D eigenvalue weighted by atomic mass is 9.98.